The Kier molecular flexibility index (Phi) is 4.94. The Morgan fingerprint density at radius 1 is 1.47 bits per heavy atom. The number of aryl methyl sites for hydroxylation is 1. The first-order valence-corrected chi connectivity index (χ1v) is 7.24. The lowest BCUT2D eigenvalue weighted by atomic mass is 9.90. The molecule has 2 nitrogen and oxygen atoms in total. The van der Waals surface area contributed by atoms with E-state index in [-0.39, 0.29) is 18.0 Å². The van der Waals surface area contributed by atoms with Gasteiger partial charge in [0.15, 0.2) is 0 Å². The van der Waals surface area contributed by atoms with Gasteiger partial charge in [0.25, 0.3) is 0 Å². The molecule has 1 aliphatic heterocycles. The van der Waals surface area contributed by atoms with Crippen LogP contribution in [0.5, 0.6) is 0 Å². The van der Waals surface area contributed by atoms with Gasteiger partial charge < -0.3 is 10.1 Å². The van der Waals surface area contributed by atoms with E-state index < -0.39 is 0 Å². The minimum absolute atomic E-state index is 0.0909. The summed E-state index contributed by atoms with van der Waals surface area (Å²) < 4.78 is 19.4. The molecule has 2 rings (SSSR count). The Morgan fingerprint density at radius 2 is 2.26 bits per heavy atom. The molecule has 1 N–H and O–H groups in total. The van der Waals surface area contributed by atoms with Crippen molar-refractivity contribution in [3.8, 4) is 0 Å². The molecule has 1 aromatic carbocycles. The van der Waals surface area contributed by atoms with Crippen molar-refractivity contribution < 1.29 is 9.13 Å². The molecule has 0 spiro atoms. The van der Waals surface area contributed by atoms with Crippen molar-refractivity contribution in [3.05, 3.63) is 35.1 Å². The monoisotopic (exact) mass is 265 g/mol. The third-order valence-corrected chi connectivity index (χ3v) is 3.96. The first-order chi connectivity index (χ1) is 9.13. The third-order valence-electron chi connectivity index (χ3n) is 3.96. The summed E-state index contributed by atoms with van der Waals surface area (Å²) >= 11 is 0. The number of ether oxygens (including phenoxy) is 1. The topological polar surface area (TPSA) is 21.3 Å². The molecule has 19 heavy (non-hydrogen) atoms. The van der Waals surface area contributed by atoms with Crippen molar-refractivity contribution in [1.82, 2.24) is 5.32 Å². The molecule has 3 heteroatoms. The maximum atomic E-state index is 13.5. The minimum Gasteiger partial charge on any atom is -0.376 e. The van der Waals surface area contributed by atoms with Gasteiger partial charge in [-0.15, -0.1) is 0 Å². The van der Waals surface area contributed by atoms with Crippen LogP contribution in [0.25, 0.3) is 0 Å². The Morgan fingerprint density at radius 3 is 2.89 bits per heavy atom. The molecule has 0 saturated carbocycles. The fourth-order valence-electron chi connectivity index (χ4n) is 2.79. The van der Waals surface area contributed by atoms with E-state index in [0.29, 0.717) is 5.92 Å². The lowest BCUT2D eigenvalue weighted by Gasteiger charge is -2.29. The van der Waals surface area contributed by atoms with Gasteiger partial charge in [0, 0.05) is 6.61 Å². The van der Waals surface area contributed by atoms with E-state index >= 15 is 0 Å². The van der Waals surface area contributed by atoms with Crippen molar-refractivity contribution in [3.63, 3.8) is 0 Å². The summed E-state index contributed by atoms with van der Waals surface area (Å²) in [5.41, 5.74) is 2.16. The SMILES string of the molecule is CCCNC(c1cc(F)ccc1C)C1OCCC1C. The average molecular weight is 265 g/mol. The Labute approximate surface area is 115 Å². The molecule has 106 valence electrons. The van der Waals surface area contributed by atoms with Gasteiger partial charge in [0.05, 0.1) is 12.1 Å². The van der Waals surface area contributed by atoms with Gasteiger partial charge in [-0.05, 0) is 55.5 Å². The van der Waals surface area contributed by atoms with Crippen molar-refractivity contribution >= 4 is 0 Å². The number of hydrogen-bond acceptors (Lipinski definition) is 2. The molecule has 1 aromatic rings. The largest absolute Gasteiger partial charge is 0.376 e. The van der Waals surface area contributed by atoms with Crippen molar-refractivity contribution in [2.45, 2.75) is 45.8 Å². The first-order valence-electron chi connectivity index (χ1n) is 7.24. The van der Waals surface area contributed by atoms with Crippen LogP contribution in [0.4, 0.5) is 4.39 Å². The fourth-order valence-corrected chi connectivity index (χ4v) is 2.79. The molecule has 1 heterocycles. The summed E-state index contributed by atoms with van der Waals surface area (Å²) in [5.74, 6) is 0.339. The highest BCUT2D eigenvalue weighted by atomic mass is 19.1. The predicted octanol–water partition coefficient (Wildman–Crippen LogP) is 3.60. The van der Waals surface area contributed by atoms with Crippen LogP contribution in [-0.4, -0.2) is 19.3 Å². The highest BCUT2D eigenvalue weighted by Gasteiger charge is 2.33. The summed E-state index contributed by atoms with van der Waals surface area (Å²) in [6.45, 7) is 8.13. The molecular weight excluding hydrogens is 241 g/mol. The Bertz CT molecular complexity index is 421. The quantitative estimate of drug-likeness (QED) is 0.878. The highest BCUT2D eigenvalue weighted by Crippen LogP contribution is 2.33. The summed E-state index contributed by atoms with van der Waals surface area (Å²) in [4.78, 5) is 0. The molecular formula is C16H24FNO. The second kappa shape index (κ2) is 6.49. The van der Waals surface area contributed by atoms with Gasteiger partial charge in [0.2, 0.25) is 0 Å². The van der Waals surface area contributed by atoms with Gasteiger partial charge in [-0.2, -0.15) is 0 Å². The van der Waals surface area contributed by atoms with E-state index in [1.54, 1.807) is 6.07 Å². The predicted molar refractivity (Wildman–Crippen MR) is 75.7 cm³/mol. The van der Waals surface area contributed by atoms with E-state index in [1.165, 1.54) is 6.07 Å². The molecule has 0 bridgehead atoms. The highest BCUT2D eigenvalue weighted by molar-refractivity contribution is 5.30. The lowest BCUT2D eigenvalue weighted by Crippen LogP contribution is -2.35. The van der Waals surface area contributed by atoms with E-state index in [0.717, 1.165) is 37.1 Å². The number of hydrogen-bond donors (Lipinski definition) is 1. The van der Waals surface area contributed by atoms with Crippen LogP contribution < -0.4 is 5.32 Å². The van der Waals surface area contributed by atoms with Crippen LogP contribution in [0.2, 0.25) is 0 Å². The summed E-state index contributed by atoms with van der Waals surface area (Å²) in [6.07, 6.45) is 2.29. The van der Waals surface area contributed by atoms with Gasteiger partial charge in [-0.3, -0.25) is 0 Å². The molecule has 3 unspecified atom stereocenters. The number of nitrogens with one attached hydrogen (secondary N) is 1. The number of benzene rings is 1. The molecule has 3 atom stereocenters. The molecule has 0 aromatic heterocycles. The molecule has 1 aliphatic rings. The third kappa shape index (κ3) is 3.34. The van der Waals surface area contributed by atoms with Crippen molar-refractivity contribution in [2.75, 3.05) is 13.2 Å². The van der Waals surface area contributed by atoms with Crippen LogP contribution in [-0.2, 0) is 4.74 Å². The smallest absolute Gasteiger partial charge is 0.123 e. The van der Waals surface area contributed by atoms with Gasteiger partial charge in [-0.25, -0.2) is 4.39 Å². The first kappa shape index (κ1) is 14.5. The molecule has 0 amide bonds. The number of halogens is 1. The van der Waals surface area contributed by atoms with Gasteiger partial charge in [0.1, 0.15) is 5.82 Å². The Balaban J connectivity index is 2.28. The maximum absolute atomic E-state index is 13.5. The van der Waals surface area contributed by atoms with Crippen LogP contribution >= 0.6 is 0 Å². The second-order valence-corrected chi connectivity index (χ2v) is 5.53. The zero-order valence-corrected chi connectivity index (χ0v) is 12.1. The average Bonchev–Trinajstić information content (AvgIpc) is 2.80. The zero-order chi connectivity index (χ0) is 13.8. The van der Waals surface area contributed by atoms with E-state index in [2.05, 4.69) is 19.2 Å². The van der Waals surface area contributed by atoms with Gasteiger partial charge in [-0.1, -0.05) is 19.9 Å². The van der Waals surface area contributed by atoms with E-state index in [4.69, 9.17) is 4.74 Å². The summed E-state index contributed by atoms with van der Waals surface area (Å²) in [6, 6.07) is 5.12. The maximum Gasteiger partial charge on any atom is 0.123 e. The van der Waals surface area contributed by atoms with Crippen LogP contribution in [0, 0.1) is 18.7 Å². The second-order valence-electron chi connectivity index (χ2n) is 5.53. The van der Waals surface area contributed by atoms with Crippen molar-refractivity contribution in [1.29, 1.82) is 0 Å². The fraction of sp³-hybridized carbons (Fsp3) is 0.625. The normalized spacial score (nSPS) is 24.6. The van der Waals surface area contributed by atoms with Gasteiger partial charge >= 0.3 is 0 Å². The molecule has 0 radical (unpaired) electrons. The Hall–Kier alpha value is -0.930. The number of rotatable bonds is 5. The van der Waals surface area contributed by atoms with E-state index in [9.17, 15) is 4.39 Å². The van der Waals surface area contributed by atoms with E-state index in [1.807, 2.05) is 13.0 Å². The molecule has 1 saturated heterocycles. The molecule has 1 fully saturated rings. The van der Waals surface area contributed by atoms with Crippen molar-refractivity contribution in [2.24, 2.45) is 5.92 Å². The summed E-state index contributed by atoms with van der Waals surface area (Å²) in [5, 5.41) is 3.53. The van der Waals surface area contributed by atoms with Crippen LogP contribution in [0.1, 0.15) is 43.9 Å². The van der Waals surface area contributed by atoms with Crippen LogP contribution in [0.15, 0.2) is 18.2 Å². The lowest BCUT2D eigenvalue weighted by molar-refractivity contribution is 0.0604. The van der Waals surface area contributed by atoms with Crippen LogP contribution in [0.3, 0.4) is 0 Å². The minimum atomic E-state index is -0.172. The zero-order valence-electron chi connectivity index (χ0n) is 12.1. The summed E-state index contributed by atoms with van der Waals surface area (Å²) in [7, 11) is 0. The molecule has 0 aliphatic carbocycles. The standard InChI is InChI=1S/C16H24FNO/c1-4-8-18-15(16-12(3)7-9-19-16)14-10-13(17)6-5-11(14)2/h5-6,10,12,15-16,18H,4,7-9H2,1-3H3.